The van der Waals surface area contributed by atoms with Gasteiger partial charge < -0.3 is 14.2 Å². The Morgan fingerprint density at radius 2 is 1.74 bits per heavy atom. The monoisotopic (exact) mass is 358 g/mol. The Morgan fingerprint density at radius 3 is 2.52 bits per heavy atom. The van der Waals surface area contributed by atoms with Crippen LogP contribution in [0.25, 0.3) is 0 Å². The molecule has 0 radical (unpaired) electrons. The van der Waals surface area contributed by atoms with Crippen molar-refractivity contribution in [2.24, 2.45) is 0 Å². The molecular weight excluding hydrogens is 340 g/mol. The summed E-state index contributed by atoms with van der Waals surface area (Å²) in [6.45, 7) is 0.990. The number of hydrogen-bond donors (Lipinski definition) is 0. The number of hydrogen-bond acceptors (Lipinski definition) is 3. The van der Waals surface area contributed by atoms with E-state index in [0.717, 1.165) is 16.7 Å². The molecule has 3 heterocycles. The molecule has 0 N–H and O–H groups in total. The third-order valence-corrected chi connectivity index (χ3v) is 5.62. The summed E-state index contributed by atoms with van der Waals surface area (Å²) in [7, 11) is 0. The molecule has 2 aliphatic rings. The van der Waals surface area contributed by atoms with E-state index >= 15 is 0 Å². The molecule has 2 aromatic carbocycles. The summed E-state index contributed by atoms with van der Waals surface area (Å²) in [6, 6.07) is 19.2. The summed E-state index contributed by atoms with van der Waals surface area (Å²) in [5.41, 5.74) is 2.32. The highest BCUT2D eigenvalue weighted by molar-refractivity contribution is 6.00. The van der Waals surface area contributed by atoms with E-state index in [1.165, 1.54) is 12.5 Å². The Balaban J connectivity index is 1.71. The lowest BCUT2D eigenvalue weighted by molar-refractivity contribution is 0.00770. The van der Waals surface area contributed by atoms with Gasteiger partial charge in [-0.25, -0.2) is 0 Å². The second-order valence-corrected chi connectivity index (χ2v) is 6.94. The third-order valence-electron chi connectivity index (χ3n) is 5.62. The smallest absolute Gasteiger partial charge is 0.259 e. The number of carbonyl (C=O) groups excluding carboxylic acids is 2. The first kappa shape index (κ1) is 15.9. The number of fused-ring (bicyclic) bond motifs is 2. The molecule has 1 saturated heterocycles. The number of amides is 2. The highest BCUT2D eigenvalue weighted by Gasteiger charge is 2.55. The lowest BCUT2D eigenvalue weighted by Crippen LogP contribution is -2.58. The van der Waals surface area contributed by atoms with Gasteiger partial charge in [0.15, 0.2) is 0 Å². The van der Waals surface area contributed by atoms with Crippen molar-refractivity contribution in [1.29, 1.82) is 0 Å². The molecule has 1 unspecified atom stereocenters. The predicted molar refractivity (Wildman–Crippen MR) is 99.0 cm³/mol. The summed E-state index contributed by atoms with van der Waals surface area (Å²) in [4.78, 5) is 30.3. The van der Waals surface area contributed by atoms with E-state index < -0.39 is 5.66 Å². The fraction of sp³-hybridized carbons (Fsp3) is 0.182. The molecule has 5 nitrogen and oxygen atoms in total. The van der Waals surface area contributed by atoms with Gasteiger partial charge >= 0.3 is 0 Å². The van der Waals surface area contributed by atoms with E-state index in [4.69, 9.17) is 4.42 Å². The summed E-state index contributed by atoms with van der Waals surface area (Å²) in [5.74, 6) is -0.148. The maximum absolute atomic E-state index is 13.3. The Morgan fingerprint density at radius 1 is 0.963 bits per heavy atom. The van der Waals surface area contributed by atoms with Gasteiger partial charge in [0.25, 0.3) is 11.8 Å². The van der Waals surface area contributed by atoms with Crippen molar-refractivity contribution in [1.82, 2.24) is 9.80 Å². The molecule has 5 rings (SSSR count). The standard InChI is InChI=1S/C22H18N2O3/c25-20(17-10-13-27-15-17)23-11-12-24-21(26)19-9-5-4-6-16(19)14-22(23,24)18-7-2-1-3-8-18/h1-10,13,15H,11-12,14H2. The first-order valence-electron chi connectivity index (χ1n) is 9.01. The van der Waals surface area contributed by atoms with Crippen molar-refractivity contribution in [3.05, 3.63) is 95.4 Å². The lowest BCUT2D eigenvalue weighted by Gasteiger charge is -2.47. The SMILES string of the molecule is O=C(c1ccoc1)N1CCN2C(=O)c3ccccc3CC12c1ccccc1. The van der Waals surface area contributed by atoms with Gasteiger partial charge in [0.05, 0.1) is 11.8 Å². The molecule has 1 atom stereocenters. The van der Waals surface area contributed by atoms with Gasteiger partial charge in [-0.15, -0.1) is 0 Å². The molecule has 1 aromatic heterocycles. The second kappa shape index (κ2) is 5.84. The highest BCUT2D eigenvalue weighted by atomic mass is 16.3. The van der Waals surface area contributed by atoms with Gasteiger partial charge in [0.1, 0.15) is 11.9 Å². The van der Waals surface area contributed by atoms with Gasteiger partial charge in [-0.05, 0) is 23.3 Å². The molecule has 2 amide bonds. The van der Waals surface area contributed by atoms with Gasteiger partial charge in [-0.3, -0.25) is 9.59 Å². The average molecular weight is 358 g/mol. The van der Waals surface area contributed by atoms with Crippen molar-refractivity contribution >= 4 is 11.8 Å². The second-order valence-electron chi connectivity index (χ2n) is 6.94. The Bertz CT molecular complexity index is 1010. The molecule has 27 heavy (non-hydrogen) atoms. The molecule has 134 valence electrons. The summed E-state index contributed by atoms with van der Waals surface area (Å²) >= 11 is 0. The zero-order valence-corrected chi connectivity index (χ0v) is 14.7. The van der Waals surface area contributed by atoms with E-state index in [-0.39, 0.29) is 11.8 Å². The maximum Gasteiger partial charge on any atom is 0.259 e. The normalized spacial score (nSPS) is 21.1. The van der Waals surface area contributed by atoms with E-state index in [9.17, 15) is 9.59 Å². The van der Waals surface area contributed by atoms with Crippen LogP contribution in [0.2, 0.25) is 0 Å². The van der Waals surface area contributed by atoms with Crippen LogP contribution >= 0.6 is 0 Å². The van der Waals surface area contributed by atoms with Crippen LogP contribution in [0.3, 0.4) is 0 Å². The fourth-order valence-electron chi connectivity index (χ4n) is 4.40. The van der Waals surface area contributed by atoms with Gasteiger partial charge in [0, 0.05) is 25.1 Å². The molecule has 1 fully saturated rings. The van der Waals surface area contributed by atoms with Crippen LogP contribution in [0.5, 0.6) is 0 Å². The van der Waals surface area contributed by atoms with E-state index in [2.05, 4.69) is 0 Å². The number of furan rings is 1. The van der Waals surface area contributed by atoms with Crippen molar-refractivity contribution in [2.45, 2.75) is 12.1 Å². The molecule has 3 aromatic rings. The van der Waals surface area contributed by atoms with Crippen LogP contribution in [-0.4, -0.2) is 34.7 Å². The van der Waals surface area contributed by atoms with E-state index in [1.807, 2.05) is 64.4 Å². The first-order chi connectivity index (χ1) is 13.2. The predicted octanol–water partition coefficient (Wildman–Crippen LogP) is 3.29. The number of benzene rings is 2. The van der Waals surface area contributed by atoms with Crippen LogP contribution in [0, 0.1) is 0 Å². The molecular formula is C22H18N2O3. The molecule has 0 aliphatic carbocycles. The lowest BCUT2D eigenvalue weighted by atomic mass is 9.83. The summed E-state index contributed by atoms with van der Waals surface area (Å²) in [6.07, 6.45) is 3.53. The minimum absolute atomic E-state index is 0.0248. The fourth-order valence-corrected chi connectivity index (χ4v) is 4.40. The van der Waals surface area contributed by atoms with Crippen LogP contribution < -0.4 is 0 Å². The van der Waals surface area contributed by atoms with Gasteiger partial charge in [0.2, 0.25) is 0 Å². The topological polar surface area (TPSA) is 53.8 Å². The third kappa shape index (κ3) is 2.18. The van der Waals surface area contributed by atoms with Crippen molar-refractivity contribution in [3.8, 4) is 0 Å². The van der Waals surface area contributed by atoms with Crippen molar-refractivity contribution in [3.63, 3.8) is 0 Å². The minimum atomic E-state index is -0.818. The van der Waals surface area contributed by atoms with Crippen LogP contribution in [-0.2, 0) is 12.1 Å². The molecule has 0 saturated carbocycles. The zero-order chi connectivity index (χ0) is 18.4. The Labute approximate surface area is 156 Å². The summed E-state index contributed by atoms with van der Waals surface area (Å²) < 4.78 is 5.12. The quantitative estimate of drug-likeness (QED) is 0.706. The van der Waals surface area contributed by atoms with Crippen LogP contribution in [0.1, 0.15) is 31.8 Å². The maximum atomic E-state index is 13.3. The minimum Gasteiger partial charge on any atom is -0.472 e. The Kier molecular flexibility index (Phi) is 3.44. The molecule has 0 bridgehead atoms. The van der Waals surface area contributed by atoms with Gasteiger partial charge in [-0.2, -0.15) is 0 Å². The van der Waals surface area contributed by atoms with Crippen molar-refractivity contribution < 1.29 is 14.0 Å². The molecule has 5 heteroatoms. The average Bonchev–Trinajstić information content (AvgIpc) is 3.37. The highest BCUT2D eigenvalue weighted by Crippen LogP contribution is 2.45. The molecule has 2 aliphatic heterocycles. The van der Waals surface area contributed by atoms with Crippen molar-refractivity contribution in [2.75, 3.05) is 13.1 Å². The first-order valence-corrected chi connectivity index (χ1v) is 9.01. The van der Waals surface area contributed by atoms with Gasteiger partial charge in [-0.1, -0.05) is 48.5 Å². The van der Waals surface area contributed by atoms with Crippen LogP contribution in [0.15, 0.2) is 77.6 Å². The van der Waals surface area contributed by atoms with Crippen LogP contribution in [0.4, 0.5) is 0 Å². The largest absolute Gasteiger partial charge is 0.472 e. The number of carbonyl (C=O) groups is 2. The summed E-state index contributed by atoms with van der Waals surface area (Å²) in [5, 5.41) is 0. The molecule has 0 spiro atoms. The Hall–Kier alpha value is -3.34. The number of nitrogens with zero attached hydrogens (tertiary/aromatic N) is 2. The number of rotatable bonds is 2. The van der Waals surface area contributed by atoms with E-state index in [0.29, 0.717) is 25.1 Å². The van der Waals surface area contributed by atoms with E-state index in [1.54, 1.807) is 6.07 Å². The zero-order valence-electron chi connectivity index (χ0n) is 14.7.